The van der Waals surface area contributed by atoms with Gasteiger partial charge in [0.05, 0.1) is 3.57 Å². The second-order valence-electron chi connectivity index (χ2n) is 1.72. The van der Waals surface area contributed by atoms with E-state index in [0.29, 0.717) is 0 Å². The van der Waals surface area contributed by atoms with Crippen molar-refractivity contribution in [2.45, 2.75) is 0 Å². The SMILES string of the molecule is [N]c1cc(F)c(I)cc1F. The molecule has 0 fully saturated rings. The van der Waals surface area contributed by atoms with E-state index in [-0.39, 0.29) is 3.57 Å². The molecule has 0 spiro atoms. The summed E-state index contributed by atoms with van der Waals surface area (Å²) in [6, 6.07) is 1.68. The number of hydrogen-bond donors (Lipinski definition) is 0. The Morgan fingerprint density at radius 1 is 1.20 bits per heavy atom. The van der Waals surface area contributed by atoms with Gasteiger partial charge in [0.2, 0.25) is 0 Å². The first-order chi connectivity index (χ1) is 4.61. The maximum Gasteiger partial charge on any atom is 0.151 e. The summed E-state index contributed by atoms with van der Waals surface area (Å²) < 4.78 is 24.9. The highest BCUT2D eigenvalue weighted by Crippen LogP contribution is 2.18. The van der Waals surface area contributed by atoms with Crippen LogP contribution in [0.5, 0.6) is 0 Å². The first kappa shape index (κ1) is 7.71. The third-order valence-corrected chi connectivity index (χ3v) is 1.82. The second kappa shape index (κ2) is 2.69. The summed E-state index contributed by atoms with van der Waals surface area (Å²) >= 11 is 1.64. The predicted molar refractivity (Wildman–Crippen MR) is 40.9 cm³/mol. The van der Waals surface area contributed by atoms with Crippen LogP contribution in [0.1, 0.15) is 0 Å². The first-order valence-electron chi connectivity index (χ1n) is 2.45. The van der Waals surface area contributed by atoms with E-state index in [0.717, 1.165) is 12.1 Å². The molecule has 0 atom stereocenters. The van der Waals surface area contributed by atoms with Crippen molar-refractivity contribution in [1.29, 1.82) is 0 Å². The van der Waals surface area contributed by atoms with Crippen LogP contribution in [-0.4, -0.2) is 0 Å². The monoisotopic (exact) mass is 253 g/mol. The van der Waals surface area contributed by atoms with Crippen LogP contribution < -0.4 is 5.73 Å². The third-order valence-electron chi connectivity index (χ3n) is 0.990. The van der Waals surface area contributed by atoms with Crippen LogP contribution in [0.4, 0.5) is 14.5 Å². The summed E-state index contributed by atoms with van der Waals surface area (Å²) in [7, 11) is 0. The molecular formula is C6H2F2IN. The fourth-order valence-corrected chi connectivity index (χ4v) is 0.941. The van der Waals surface area contributed by atoms with E-state index in [2.05, 4.69) is 0 Å². The van der Waals surface area contributed by atoms with Crippen LogP contribution in [0.3, 0.4) is 0 Å². The van der Waals surface area contributed by atoms with Crippen molar-refractivity contribution < 1.29 is 8.78 Å². The van der Waals surface area contributed by atoms with Crippen molar-refractivity contribution in [3.05, 3.63) is 27.3 Å². The first-order valence-corrected chi connectivity index (χ1v) is 3.52. The molecule has 0 saturated carbocycles. The van der Waals surface area contributed by atoms with Gasteiger partial charge in [0.15, 0.2) is 5.82 Å². The van der Waals surface area contributed by atoms with Crippen LogP contribution in [0.15, 0.2) is 12.1 Å². The lowest BCUT2D eigenvalue weighted by Crippen LogP contribution is -1.86. The molecule has 0 unspecified atom stereocenters. The van der Waals surface area contributed by atoms with E-state index in [1.54, 1.807) is 22.6 Å². The van der Waals surface area contributed by atoms with Gasteiger partial charge >= 0.3 is 0 Å². The number of nitrogens with zero attached hydrogens (tertiary/aromatic N) is 1. The Hall–Kier alpha value is -0.390. The Labute approximate surface area is 70.4 Å². The smallest absolute Gasteiger partial charge is 0.151 e. The summed E-state index contributed by atoms with van der Waals surface area (Å²) in [6.45, 7) is 0. The molecule has 0 aliphatic rings. The van der Waals surface area contributed by atoms with Gasteiger partial charge < -0.3 is 0 Å². The zero-order chi connectivity index (χ0) is 7.72. The molecule has 4 heteroatoms. The van der Waals surface area contributed by atoms with Gasteiger partial charge in [-0.3, -0.25) is 0 Å². The van der Waals surface area contributed by atoms with E-state index < -0.39 is 17.3 Å². The summed E-state index contributed by atoms with van der Waals surface area (Å²) in [5.74, 6) is -1.41. The minimum Gasteiger partial charge on any atom is -0.206 e. The molecule has 0 amide bonds. The van der Waals surface area contributed by atoms with Crippen molar-refractivity contribution in [1.82, 2.24) is 5.73 Å². The van der Waals surface area contributed by atoms with Crippen LogP contribution in [0.25, 0.3) is 0 Å². The topological polar surface area (TPSA) is 22.3 Å². The van der Waals surface area contributed by atoms with Crippen molar-refractivity contribution in [3.63, 3.8) is 0 Å². The Bertz CT molecular complexity index is 212. The molecule has 1 aromatic carbocycles. The Morgan fingerprint density at radius 3 is 2.30 bits per heavy atom. The van der Waals surface area contributed by atoms with Crippen LogP contribution in [-0.2, 0) is 0 Å². The van der Waals surface area contributed by atoms with Crippen molar-refractivity contribution >= 4 is 28.3 Å². The zero-order valence-corrected chi connectivity index (χ0v) is 6.89. The average molecular weight is 253 g/mol. The van der Waals surface area contributed by atoms with Gasteiger partial charge in [-0.2, -0.15) is 0 Å². The lowest BCUT2D eigenvalue weighted by molar-refractivity contribution is 0.595. The highest BCUT2D eigenvalue weighted by atomic mass is 127. The van der Waals surface area contributed by atoms with E-state index in [1.807, 2.05) is 0 Å². The van der Waals surface area contributed by atoms with Gasteiger partial charge in [-0.15, -0.1) is 5.73 Å². The number of hydrogen-bond acceptors (Lipinski definition) is 0. The molecular weight excluding hydrogens is 251 g/mol. The lowest BCUT2D eigenvalue weighted by Gasteiger charge is -1.94. The second-order valence-corrected chi connectivity index (χ2v) is 2.88. The molecule has 0 bridgehead atoms. The molecule has 0 aliphatic carbocycles. The molecule has 10 heavy (non-hydrogen) atoms. The highest BCUT2D eigenvalue weighted by molar-refractivity contribution is 14.1. The van der Waals surface area contributed by atoms with Gasteiger partial charge in [0, 0.05) is 6.07 Å². The van der Waals surface area contributed by atoms with Crippen LogP contribution in [0, 0.1) is 15.2 Å². The van der Waals surface area contributed by atoms with E-state index in [1.165, 1.54) is 0 Å². The molecule has 0 heterocycles. The van der Waals surface area contributed by atoms with Crippen molar-refractivity contribution in [2.24, 2.45) is 0 Å². The lowest BCUT2D eigenvalue weighted by atomic mass is 10.3. The predicted octanol–water partition coefficient (Wildman–Crippen LogP) is 2.27. The standard InChI is InChI=1S/C6H2F2IN/c7-3-2-6(10)4(8)1-5(3)9/h1-2H. The fourth-order valence-electron chi connectivity index (χ4n) is 0.512. The molecule has 0 N–H and O–H groups in total. The third kappa shape index (κ3) is 1.36. The Kier molecular flexibility index (Phi) is 2.08. The molecule has 52 valence electrons. The Morgan fingerprint density at radius 2 is 1.80 bits per heavy atom. The molecule has 0 aliphatic heterocycles. The van der Waals surface area contributed by atoms with E-state index in [4.69, 9.17) is 5.73 Å². The molecule has 1 aromatic rings. The van der Waals surface area contributed by atoms with Crippen LogP contribution in [0.2, 0.25) is 0 Å². The van der Waals surface area contributed by atoms with Crippen LogP contribution >= 0.6 is 22.6 Å². The molecule has 0 saturated heterocycles. The summed E-state index contributed by atoms with van der Waals surface area (Å²) in [4.78, 5) is 0. The maximum atomic E-state index is 12.4. The van der Waals surface area contributed by atoms with Crippen molar-refractivity contribution in [3.8, 4) is 0 Å². The minimum absolute atomic E-state index is 0.160. The minimum atomic E-state index is -0.800. The Balaban J connectivity index is 3.28. The number of halogens is 3. The quantitative estimate of drug-likeness (QED) is 0.500. The van der Waals surface area contributed by atoms with E-state index >= 15 is 0 Å². The highest BCUT2D eigenvalue weighted by Gasteiger charge is 2.05. The van der Waals surface area contributed by atoms with Gasteiger partial charge in [-0.05, 0) is 28.7 Å². The molecule has 0 aromatic heterocycles. The maximum absolute atomic E-state index is 12.4. The van der Waals surface area contributed by atoms with Gasteiger partial charge in [-0.25, -0.2) is 8.78 Å². The number of benzene rings is 1. The fraction of sp³-hybridized carbons (Fsp3) is 0. The number of rotatable bonds is 0. The average Bonchev–Trinajstić information content (AvgIpc) is 1.84. The van der Waals surface area contributed by atoms with Gasteiger partial charge in [-0.1, -0.05) is 0 Å². The summed E-state index contributed by atoms with van der Waals surface area (Å²) in [6.07, 6.45) is 0. The summed E-state index contributed by atoms with van der Waals surface area (Å²) in [5.41, 5.74) is 7.95. The summed E-state index contributed by atoms with van der Waals surface area (Å²) in [5, 5.41) is 0. The van der Waals surface area contributed by atoms with Gasteiger partial charge in [0.1, 0.15) is 11.5 Å². The molecule has 2 radical (unpaired) electrons. The largest absolute Gasteiger partial charge is 0.206 e. The van der Waals surface area contributed by atoms with Gasteiger partial charge in [0.25, 0.3) is 0 Å². The normalized spacial score (nSPS) is 9.90. The van der Waals surface area contributed by atoms with Crippen molar-refractivity contribution in [2.75, 3.05) is 0 Å². The zero-order valence-electron chi connectivity index (χ0n) is 4.74. The molecule has 1 rings (SSSR count). The van der Waals surface area contributed by atoms with E-state index in [9.17, 15) is 8.78 Å². The molecule has 1 nitrogen and oxygen atoms in total.